The van der Waals surface area contributed by atoms with E-state index in [1.54, 1.807) is 7.11 Å². The van der Waals surface area contributed by atoms with Crippen LogP contribution in [0.25, 0.3) is 0 Å². The SMILES string of the molecule is CC/C=C(\C=C(/C)Cc1ccc(OC)cc1)C1OC(CO)C(F)C(O)C1O. The standard InChI is InChI=1S/C21H29FO5/c1-4-5-15(21-20(25)19(24)18(22)17(12-23)27-21)11-13(2)10-14-6-8-16(26-3)9-7-14/h5-9,11,17-21,23-25H,4,10,12H2,1-3H3/b13-11+,15-5+. The summed E-state index contributed by atoms with van der Waals surface area (Å²) >= 11 is 0. The van der Waals surface area contributed by atoms with Crippen LogP contribution in [0, 0.1) is 0 Å². The van der Waals surface area contributed by atoms with Crippen molar-refractivity contribution in [2.45, 2.75) is 57.3 Å². The van der Waals surface area contributed by atoms with Crippen LogP contribution in [0.2, 0.25) is 0 Å². The van der Waals surface area contributed by atoms with Crippen LogP contribution in [0.1, 0.15) is 25.8 Å². The molecule has 0 spiro atoms. The molecule has 0 amide bonds. The van der Waals surface area contributed by atoms with Crippen molar-refractivity contribution in [1.82, 2.24) is 0 Å². The van der Waals surface area contributed by atoms with E-state index >= 15 is 0 Å². The maximum atomic E-state index is 14.0. The number of alkyl halides is 1. The molecule has 0 saturated carbocycles. The topological polar surface area (TPSA) is 79.2 Å². The highest BCUT2D eigenvalue weighted by molar-refractivity contribution is 5.34. The van der Waals surface area contributed by atoms with E-state index < -0.39 is 37.2 Å². The Hall–Kier alpha value is -1.73. The Labute approximate surface area is 159 Å². The minimum Gasteiger partial charge on any atom is -0.497 e. The fourth-order valence-electron chi connectivity index (χ4n) is 3.24. The van der Waals surface area contributed by atoms with Gasteiger partial charge in [-0.3, -0.25) is 0 Å². The van der Waals surface area contributed by atoms with Gasteiger partial charge in [-0.1, -0.05) is 36.8 Å². The molecule has 0 aliphatic carbocycles. The van der Waals surface area contributed by atoms with Gasteiger partial charge >= 0.3 is 0 Å². The van der Waals surface area contributed by atoms with Gasteiger partial charge in [-0.15, -0.1) is 0 Å². The van der Waals surface area contributed by atoms with Crippen molar-refractivity contribution >= 4 is 0 Å². The molecule has 5 unspecified atom stereocenters. The maximum Gasteiger partial charge on any atom is 0.157 e. The van der Waals surface area contributed by atoms with Gasteiger partial charge in [0, 0.05) is 0 Å². The van der Waals surface area contributed by atoms with E-state index in [9.17, 15) is 19.7 Å². The van der Waals surface area contributed by atoms with Crippen LogP contribution in [0.15, 0.2) is 47.6 Å². The third-order valence-corrected chi connectivity index (χ3v) is 4.67. The average Bonchev–Trinajstić information content (AvgIpc) is 2.67. The predicted octanol–water partition coefficient (Wildman–Crippen LogP) is 2.34. The molecule has 27 heavy (non-hydrogen) atoms. The number of halogens is 1. The molecule has 6 heteroatoms. The Morgan fingerprint density at radius 2 is 1.89 bits per heavy atom. The molecule has 1 aliphatic heterocycles. The van der Waals surface area contributed by atoms with Crippen LogP contribution in [0.5, 0.6) is 5.75 Å². The van der Waals surface area contributed by atoms with Gasteiger partial charge in [0.2, 0.25) is 0 Å². The van der Waals surface area contributed by atoms with Gasteiger partial charge in [0.15, 0.2) is 6.17 Å². The van der Waals surface area contributed by atoms with E-state index in [1.165, 1.54) is 0 Å². The van der Waals surface area contributed by atoms with Crippen LogP contribution < -0.4 is 4.74 Å². The second-order valence-electron chi connectivity index (χ2n) is 6.83. The van der Waals surface area contributed by atoms with Gasteiger partial charge in [-0.05, 0) is 43.0 Å². The quantitative estimate of drug-likeness (QED) is 0.633. The Kier molecular flexibility index (Phi) is 7.98. The summed E-state index contributed by atoms with van der Waals surface area (Å²) < 4.78 is 24.7. The molecule has 1 fully saturated rings. The van der Waals surface area contributed by atoms with Crippen LogP contribution in [-0.4, -0.2) is 59.6 Å². The van der Waals surface area contributed by atoms with Gasteiger partial charge in [0.25, 0.3) is 0 Å². The van der Waals surface area contributed by atoms with Gasteiger partial charge in [-0.25, -0.2) is 4.39 Å². The lowest BCUT2D eigenvalue weighted by atomic mass is 9.90. The summed E-state index contributed by atoms with van der Waals surface area (Å²) in [6.07, 6.45) is -1.74. The third kappa shape index (κ3) is 5.39. The highest BCUT2D eigenvalue weighted by atomic mass is 19.1. The van der Waals surface area contributed by atoms with E-state index in [0.717, 1.165) is 16.9 Å². The molecule has 0 aromatic heterocycles. The number of aliphatic hydroxyl groups excluding tert-OH is 3. The van der Waals surface area contributed by atoms with Gasteiger partial charge in [-0.2, -0.15) is 0 Å². The van der Waals surface area contributed by atoms with Gasteiger partial charge < -0.3 is 24.8 Å². The van der Waals surface area contributed by atoms with E-state index in [4.69, 9.17) is 9.47 Å². The Balaban J connectivity index is 2.19. The molecule has 1 aromatic carbocycles. The monoisotopic (exact) mass is 380 g/mol. The highest BCUT2D eigenvalue weighted by Gasteiger charge is 2.45. The smallest absolute Gasteiger partial charge is 0.157 e. The van der Waals surface area contributed by atoms with Crippen LogP contribution in [0.3, 0.4) is 0 Å². The van der Waals surface area contributed by atoms with E-state index in [0.29, 0.717) is 18.4 Å². The van der Waals surface area contributed by atoms with Crippen molar-refractivity contribution in [1.29, 1.82) is 0 Å². The Bertz CT molecular complexity index is 653. The van der Waals surface area contributed by atoms with Crippen LogP contribution >= 0.6 is 0 Å². The Morgan fingerprint density at radius 1 is 1.22 bits per heavy atom. The molecular formula is C21H29FO5. The molecule has 1 aromatic rings. The molecule has 1 heterocycles. The van der Waals surface area contributed by atoms with Crippen LogP contribution in [-0.2, 0) is 11.2 Å². The number of hydrogen-bond donors (Lipinski definition) is 3. The number of methoxy groups -OCH3 is 1. The fraction of sp³-hybridized carbons (Fsp3) is 0.524. The zero-order valence-corrected chi connectivity index (χ0v) is 16.0. The van der Waals surface area contributed by atoms with Crippen molar-refractivity contribution in [2.24, 2.45) is 0 Å². The molecule has 150 valence electrons. The minimum absolute atomic E-state index is 0.560. The first kappa shape index (κ1) is 21.6. The first-order valence-electron chi connectivity index (χ1n) is 9.17. The van der Waals surface area contributed by atoms with E-state index in [1.807, 2.05) is 50.3 Å². The van der Waals surface area contributed by atoms with Crippen molar-refractivity contribution in [3.63, 3.8) is 0 Å². The second-order valence-corrected chi connectivity index (χ2v) is 6.83. The first-order chi connectivity index (χ1) is 12.9. The Morgan fingerprint density at radius 3 is 2.44 bits per heavy atom. The third-order valence-electron chi connectivity index (χ3n) is 4.67. The lowest BCUT2D eigenvalue weighted by Gasteiger charge is -2.39. The van der Waals surface area contributed by atoms with E-state index in [-0.39, 0.29) is 0 Å². The predicted molar refractivity (Wildman–Crippen MR) is 101 cm³/mol. The van der Waals surface area contributed by atoms with Crippen LogP contribution in [0.4, 0.5) is 4.39 Å². The molecule has 0 bridgehead atoms. The minimum atomic E-state index is -1.83. The summed E-state index contributed by atoms with van der Waals surface area (Å²) in [4.78, 5) is 0. The summed E-state index contributed by atoms with van der Waals surface area (Å²) in [6.45, 7) is 3.34. The number of hydrogen-bond acceptors (Lipinski definition) is 5. The molecule has 5 nitrogen and oxygen atoms in total. The summed E-state index contributed by atoms with van der Waals surface area (Å²) in [7, 11) is 1.62. The number of aliphatic hydroxyl groups is 3. The highest BCUT2D eigenvalue weighted by Crippen LogP contribution is 2.29. The zero-order chi connectivity index (χ0) is 20.0. The lowest BCUT2D eigenvalue weighted by molar-refractivity contribution is -0.199. The fourth-order valence-corrected chi connectivity index (χ4v) is 3.24. The number of ether oxygens (including phenoxy) is 2. The zero-order valence-electron chi connectivity index (χ0n) is 16.0. The molecular weight excluding hydrogens is 351 g/mol. The molecule has 1 saturated heterocycles. The lowest BCUT2D eigenvalue weighted by Crippen LogP contribution is -2.57. The average molecular weight is 380 g/mol. The number of benzene rings is 1. The largest absolute Gasteiger partial charge is 0.497 e. The summed E-state index contributed by atoms with van der Waals surface area (Å²) in [6, 6.07) is 7.74. The first-order valence-corrected chi connectivity index (χ1v) is 9.17. The molecule has 5 atom stereocenters. The maximum absolute atomic E-state index is 14.0. The van der Waals surface area contributed by atoms with Gasteiger partial charge in [0.1, 0.15) is 30.2 Å². The van der Waals surface area contributed by atoms with Crippen molar-refractivity contribution in [2.75, 3.05) is 13.7 Å². The number of rotatable bonds is 7. The second kappa shape index (κ2) is 9.99. The molecule has 2 rings (SSSR count). The normalized spacial score (nSPS) is 29.7. The number of allylic oxidation sites excluding steroid dienone is 2. The van der Waals surface area contributed by atoms with E-state index in [2.05, 4.69) is 0 Å². The van der Waals surface area contributed by atoms with Crippen molar-refractivity contribution in [3.8, 4) is 5.75 Å². The summed E-state index contributed by atoms with van der Waals surface area (Å²) in [5, 5.41) is 29.6. The summed E-state index contributed by atoms with van der Waals surface area (Å²) in [5.41, 5.74) is 2.79. The molecule has 0 radical (unpaired) electrons. The summed E-state index contributed by atoms with van der Waals surface area (Å²) in [5.74, 6) is 0.787. The molecule has 3 N–H and O–H groups in total. The molecule has 1 aliphatic rings. The van der Waals surface area contributed by atoms with Gasteiger partial charge in [0.05, 0.1) is 13.7 Å². The van der Waals surface area contributed by atoms with Crippen molar-refractivity contribution < 1.29 is 29.2 Å². The van der Waals surface area contributed by atoms with Crippen molar-refractivity contribution in [3.05, 3.63) is 53.1 Å².